The van der Waals surface area contributed by atoms with Gasteiger partial charge in [0.1, 0.15) is 6.10 Å². The zero-order valence-electron chi connectivity index (χ0n) is 16.5. The summed E-state index contributed by atoms with van der Waals surface area (Å²) in [6, 6.07) is 0.0622. The molecule has 4 heteroatoms. The fourth-order valence-electron chi connectivity index (χ4n) is 5.11. The largest absolute Gasteiger partial charge is 0.458 e. The van der Waals surface area contributed by atoms with Crippen LogP contribution in [0.25, 0.3) is 0 Å². The second-order valence-electron chi connectivity index (χ2n) is 8.73. The number of hydrogen-bond acceptors (Lipinski definition) is 3. The first-order valence-corrected chi connectivity index (χ1v) is 9.74. The number of ether oxygens (including phenoxy) is 1. The first-order chi connectivity index (χ1) is 12.2. The summed E-state index contributed by atoms with van der Waals surface area (Å²) in [5.41, 5.74) is 4.61. The summed E-state index contributed by atoms with van der Waals surface area (Å²) >= 11 is 0. The number of nitrogens with one attached hydrogen (secondary N) is 1. The van der Waals surface area contributed by atoms with Crippen molar-refractivity contribution in [3.63, 3.8) is 0 Å². The maximum atomic E-state index is 12.5. The van der Waals surface area contributed by atoms with E-state index in [0.29, 0.717) is 12.3 Å². The first kappa shape index (κ1) is 18.9. The second kappa shape index (κ2) is 7.05. The number of carbonyl (C=O) groups excluding carboxylic acids is 2. The normalized spacial score (nSPS) is 31.5. The summed E-state index contributed by atoms with van der Waals surface area (Å²) in [6.07, 6.45) is 7.16. The average molecular weight is 357 g/mol. The molecule has 3 aliphatic rings. The van der Waals surface area contributed by atoms with Gasteiger partial charge >= 0.3 is 5.97 Å². The Morgan fingerprint density at radius 2 is 1.96 bits per heavy atom. The molecule has 0 spiro atoms. The van der Waals surface area contributed by atoms with Gasteiger partial charge in [-0.05, 0) is 62.0 Å². The van der Waals surface area contributed by atoms with Crippen molar-refractivity contribution in [3.8, 4) is 0 Å². The number of amides is 1. The molecule has 0 radical (unpaired) electrons. The van der Waals surface area contributed by atoms with Gasteiger partial charge in [0.05, 0.1) is 6.04 Å². The highest BCUT2D eigenvalue weighted by Crippen LogP contribution is 2.51. The Hall–Kier alpha value is -1.84. The Bertz CT molecular complexity index is 698. The number of fused-ring (bicyclic) bond motifs is 1. The third-order valence-corrected chi connectivity index (χ3v) is 6.36. The molecule has 1 aliphatic heterocycles. The van der Waals surface area contributed by atoms with Gasteiger partial charge < -0.3 is 10.1 Å². The second-order valence-corrected chi connectivity index (χ2v) is 8.73. The number of carbonyl (C=O) groups is 2. The molecule has 3 atom stereocenters. The predicted molar refractivity (Wildman–Crippen MR) is 102 cm³/mol. The molecule has 4 nitrogen and oxygen atoms in total. The van der Waals surface area contributed by atoms with Gasteiger partial charge in [-0.2, -0.15) is 0 Å². The summed E-state index contributed by atoms with van der Waals surface area (Å²) in [6.45, 7) is 12.3. The Morgan fingerprint density at radius 3 is 2.65 bits per heavy atom. The Balaban J connectivity index is 1.97. The highest BCUT2D eigenvalue weighted by molar-refractivity contribution is 5.98. The Labute approximate surface area is 156 Å². The van der Waals surface area contributed by atoms with Gasteiger partial charge in [0.15, 0.2) is 0 Å². The van der Waals surface area contributed by atoms with Crippen LogP contribution in [0.15, 0.2) is 34.9 Å². The van der Waals surface area contributed by atoms with Crippen molar-refractivity contribution in [2.45, 2.75) is 78.4 Å². The SMILES string of the molecule is C=C1CCC2CCC3=C(C(CC(C)=CC(OC(C)=O)C1)NC3=O)C2(C)C. The average Bonchev–Trinajstić information content (AvgIpc) is 2.81. The first-order valence-electron chi connectivity index (χ1n) is 9.74. The van der Waals surface area contributed by atoms with Crippen LogP contribution in [-0.2, 0) is 14.3 Å². The van der Waals surface area contributed by atoms with Gasteiger partial charge in [0.25, 0.3) is 0 Å². The fourth-order valence-corrected chi connectivity index (χ4v) is 5.11. The summed E-state index contributed by atoms with van der Waals surface area (Å²) in [5, 5.41) is 3.21. The van der Waals surface area contributed by atoms with E-state index in [9.17, 15) is 9.59 Å². The van der Waals surface area contributed by atoms with Crippen LogP contribution in [0.4, 0.5) is 0 Å². The van der Waals surface area contributed by atoms with E-state index in [2.05, 4.69) is 32.7 Å². The van der Waals surface area contributed by atoms with Crippen LogP contribution in [-0.4, -0.2) is 24.0 Å². The Kier molecular flexibility index (Phi) is 5.14. The topological polar surface area (TPSA) is 55.4 Å². The van der Waals surface area contributed by atoms with E-state index in [1.54, 1.807) is 0 Å². The molecule has 1 amide bonds. The van der Waals surface area contributed by atoms with Crippen molar-refractivity contribution in [1.29, 1.82) is 0 Å². The van der Waals surface area contributed by atoms with Gasteiger partial charge in [-0.15, -0.1) is 0 Å². The minimum atomic E-state index is -0.267. The van der Waals surface area contributed by atoms with Crippen LogP contribution in [0.1, 0.15) is 66.2 Å². The molecule has 1 N–H and O–H groups in total. The summed E-state index contributed by atoms with van der Waals surface area (Å²) in [7, 11) is 0. The van der Waals surface area contributed by atoms with Crippen molar-refractivity contribution in [1.82, 2.24) is 5.32 Å². The molecule has 3 unspecified atom stereocenters. The highest BCUT2D eigenvalue weighted by atomic mass is 16.5. The van der Waals surface area contributed by atoms with Crippen molar-refractivity contribution < 1.29 is 14.3 Å². The quantitative estimate of drug-likeness (QED) is 0.564. The monoisotopic (exact) mass is 357 g/mol. The van der Waals surface area contributed by atoms with Gasteiger partial charge in [-0.3, -0.25) is 9.59 Å². The standard InChI is InChI=1S/C22H31NO3/c1-13-6-7-16-8-9-18-20(22(16,4)5)19(23-21(18)25)12-14(2)11-17(10-13)26-15(3)24/h11,16-17,19H,1,6-10,12H2,2-5H3,(H,23,25). The molecule has 0 aromatic rings. The van der Waals surface area contributed by atoms with Crippen LogP contribution < -0.4 is 5.32 Å². The molecule has 2 aliphatic carbocycles. The van der Waals surface area contributed by atoms with Gasteiger partial charge in [0, 0.05) is 18.9 Å². The molecule has 0 aromatic heterocycles. The summed E-state index contributed by atoms with van der Waals surface area (Å²) in [4.78, 5) is 24.0. The van der Waals surface area contributed by atoms with Crippen LogP contribution >= 0.6 is 0 Å². The predicted octanol–water partition coefficient (Wildman–Crippen LogP) is 4.23. The highest BCUT2D eigenvalue weighted by Gasteiger charge is 2.46. The molecule has 3 rings (SSSR count). The van der Waals surface area contributed by atoms with E-state index < -0.39 is 0 Å². The third-order valence-electron chi connectivity index (χ3n) is 6.36. The maximum absolute atomic E-state index is 12.5. The molecular weight excluding hydrogens is 326 g/mol. The minimum Gasteiger partial charge on any atom is -0.458 e. The van der Waals surface area contributed by atoms with Crippen LogP contribution in [0.3, 0.4) is 0 Å². The number of hydrogen-bond donors (Lipinski definition) is 1. The minimum absolute atomic E-state index is 0.0203. The molecular formula is C22H31NO3. The zero-order valence-corrected chi connectivity index (χ0v) is 16.5. The third kappa shape index (κ3) is 3.65. The summed E-state index contributed by atoms with van der Waals surface area (Å²) in [5.74, 6) is 0.389. The van der Waals surface area contributed by atoms with Crippen molar-refractivity contribution in [3.05, 3.63) is 34.9 Å². The lowest BCUT2D eigenvalue weighted by molar-refractivity contribution is -0.144. The van der Waals surface area contributed by atoms with Crippen molar-refractivity contribution in [2.75, 3.05) is 0 Å². The maximum Gasteiger partial charge on any atom is 0.303 e. The zero-order chi connectivity index (χ0) is 19.1. The summed E-state index contributed by atoms with van der Waals surface area (Å²) < 4.78 is 5.50. The van der Waals surface area contributed by atoms with Crippen molar-refractivity contribution in [2.24, 2.45) is 11.3 Å². The molecule has 0 fully saturated rings. The molecule has 0 saturated carbocycles. The smallest absolute Gasteiger partial charge is 0.303 e. The molecule has 0 saturated heterocycles. The number of esters is 1. The fraction of sp³-hybridized carbons (Fsp3) is 0.636. The van der Waals surface area contributed by atoms with Gasteiger partial charge in [-0.25, -0.2) is 0 Å². The molecule has 26 heavy (non-hydrogen) atoms. The van der Waals surface area contributed by atoms with E-state index in [1.807, 2.05) is 6.08 Å². The molecule has 142 valence electrons. The lowest BCUT2D eigenvalue weighted by Crippen LogP contribution is -2.37. The van der Waals surface area contributed by atoms with Crippen molar-refractivity contribution >= 4 is 11.9 Å². The van der Waals surface area contributed by atoms with Gasteiger partial charge in [-0.1, -0.05) is 31.6 Å². The Morgan fingerprint density at radius 1 is 1.27 bits per heavy atom. The van der Waals surface area contributed by atoms with Gasteiger partial charge in [0.2, 0.25) is 5.91 Å². The molecule has 1 heterocycles. The van der Waals surface area contributed by atoms with E-state index in [0.717, 1.165) is 48.8 Å². The van der Waals surface area contributed by atoms with E-state index in [1.165, 1.54) is 12.5 Å². The van der Waals surface area contributed by atoms with Crippen LogP contribution in [0.2, 0.25) is 0 Å². The molecule has 0 aromatic carbocycles. The van der Waals surface area contributed by atoms with E-state index in [4.69, 9.17) is 4.74 Å². The van der Waals surface area contributed by atoms with Crippen LogP contribution in [0.5, 0.6) is 0 Å². The lowest BCUT2D eigenvalue weighted by Gasteiger charge is -2.42. The molecule has 2 bridgehead atoms. The van der Waals surface area contributed by atoms with E-state index in [-0.39, 0.29) is 29.4 Å². The van der Waals surface area contributed by atoms with E-state index >= 15 is 0 Å². The van der Waals surface area contributed by atoms with Crippen LogP contribution in [0, 0.1) is 11.3 Å². The number of rotatable bonds is 1. The lowest BCUT2D eigenvalue weighted by atomic mass is 9.62.